The number of hydrogen-bond donors (Lipinski definition) is 0. The van der Waals surface area contributed by atoms with Gasteiger partial charge in [0.2, 0.25) is 0 Å². The van der Waals surface area contributed by atoms with E-state index in [2.05, 4.69) is 20.9 Å². The monoisotopic (exact) mass is 275 g/mol. The van der Waals surface area contributed by atoms with Crippen molar-refractivity contribution in [1.29, 1.82) is 5.26 Å². The van der Waals surface area contributed by atoms with Crippen LogP contribution in [0.2, 0.25) is 0 Å². The summed E-state index contributed by atoms with van der Waals surface area (Å²) in [5.74, 6) is 0. The minimum absolute atomic E-state index is 0.105. The molecule has 0 aliphatic heterocycles. The summed E-state index contributed by atoms with van der Waals surface area (Å²) in [6, 6.07) is 8.10. The molecule has 1 rings (SSSR count). The van der Waals surface area contributed by atoms with Crippen LogP contribution < -0.4 is 0 Å². The zero-order chi connectivity index (χ0) is 8.10. The quantitative estimate of drug-likeness (QED) is 0.758. The predicted molar refractivity (Wildman–Crippen MR) is 49.2 cm³/mol. The predicted octanol–water partition coefficient (Wildman–Crippen LogP) is 2.13. The second kappa shape index (κ2) is 4.56. The normalized spacial score (nSPS) is 9.09. The molecule has 0 aliphatic rings. The zero-order valence-electron chi connectivity index (χ0n) is 5.75. The number of hydrogen-bond acceptors (Lipinski definition) is 1. The first-order valence-corrected chi connectivity index (χ1v) is 5.94. The third kappa shape index (κ3) is 3.07. The fourth-order valence-electron chi connectivity index (χ4n) is 0.696. The van der Waals surface area contributed by atoms with Gasteiger partial charge < -0.3 is 0 Å². The van der Waals surface area contributed by atoms with Crippen LogP contribution in [0.15, 0.2) is 28.7 Å². The zero-order valence-corrected chi connectivity index (χ0v) is 9.05. The summed E-state index contributed by atoms with van der Waals surface area (Å²) in [7, 11) is 0. The average Bonchev–Trinajstić information content (AvgIpc) is 2.04. The summed E-state index contributed by atoms with van der Waals surface area (Å²) in [4.78, 5) is 2.18. The average molecular weight is 275 g/mol. The van der Waals surface area contributed by atoms with Crippen LogP contribution in [0.4, 0.5) is 0 Å². The Morgan fingerprint density at radius 3 is 2.55 bits per heavy atom. The van der Waals surface area contributed by atoms with Crippen molar-refractivity contribution in [3.63, 3.8) is 0 Å². The van der Waals surface area contributed by atoms with E-state index in [0.717, 1.165) is 9.79 Å². The molecular formula is C8H6BrNSe. The van der Waals surface area contributed by atoms with E-state index in [1.165, 1.54) is 5.56 Å². The molecule has 0 radical (unpaired) electrons. The Bertz CT molecular complexity index is 262. The second-order valence-corrected chi connectivity index (χ2v) is 4.52. The van der Waals surface area contributed by atoms with Crippen LogP contribution in [0.5, 0.6) is 0 Å². The molecule has 0 N–H and O–H groups in total. The van der Waals surface area contributed by atoms with Gasteiger partial charge in [0.25, 0.3) is 0 Å². The molecular weight excluding hydrogens is 269 g/mol. The molecule has 1 aromatic carbocycles. The number of rotatable bonds is 2. The molecule has 11 heavy (non-hydrogen) atoms. The van der Waals surface area contributed by atoms with Crippen molar-refractivity contribution < 1.29 is 0 Å². The van der Waals surface area contributed by atoms with Gasteiger partial charge in [0, 0.05) is 0 Å². The van der Waals surface area contributed by atoms with Gasteiger partial charge in [-0.05, 0) is 0 Å². The molecule has 3 heteroatoms. The van der Waals surface area contributed by atoms with E-state index in [1.54, 1.807) is 0 Å². The molecule has 0 amide bonds. The van der Waals surface area contributed by atoms with Crippen LogP contribution in [0, 0.1) is 10.2 Å². The van der Waals surface area contributed by atoms with E-state index in [0.29, 0.717) is 0 Å². The van der Waals surface area contributed by atoms with Gasteiger partial charge in [0.05, 0.1) is 0 Å². The van der Waals surface area contributed by atoms with Gasteiger partial charge in [0.1, 0.15) is 0 Å². The Hall–Kier alpha value is -0.291. The third-order valence-electron chi connectivity index (χ3n) is 1.22. The van der Waals surface area contributed by atoms with Crippen LogP contribution in [0.3, 0.4) is 0 Å². The standard InChI is InChI=1S/C8H6BrNSe/c9-8-3-1-7(2-4-8)5-11-6-10/h1-4H,5H2. The van der Waals surface area contributed by atoms with Crippen LogP contribution in [-0.2, 0) is 5.32 Å². The van der Waals surface area contributed by atoms with Crippen molar-refractivity contribution in [2.24, 2.45) is 0 Å². The van der Waals surface area contributed by atoms with Crippen molar-refractivity contribution in [1.82, 2.24) is 0 Å². The second-order valence-electron chi connectivity index (χ2n) is 2.01. The van der Waals surface area contributed by atoms with Crippen LogP contribution in [-0.4, -0.2) is 15.0 Å². The van der Waals surface area contributed by atoms with Crippen molar-refractivity contribution in [2.75, 3.05) is 0 Å². The van der Waals surface area contributed by atoms with Crippen LogP contribution in [0.1, 0.15) is 5.56 Å². The Morgan fingerprint density at radius 2 is 2.00 bits per heavy atom. The van der Waals surface area contributed by atoms with E-state index >= 15 is 0 Å². The summed E-state index contributed by atoms with van der Waals surface area (Å²) >= 11 is 3.46. The van der Waals surface area contributed by atoms with Gasteiger partial charge in [-0.15, -0.1) is 0 Å². The Labute approximate surface area is 80.7 Å². The summed E-state index contributed by atoms with van der Waals surface area (Å²) in [6.45, 7) is 0. The number of benzene rings is 1. The Kier molecular flexibility index (Phi) is 3.65. The van der Waals surface area contributed by atoms with Gasteiger partial charge in [-0.1, -0.05) is 0 Å². The van der Waals surface area contributed by atoms with E-state index in [1.807, 2.05) is 24.3 Å². The minimum atomic E-state index is 0.105. The Balaban J connectivity index is 2.60. The molecule has 0 bridgehead atoms. The molecule has 0 aromatic heterocycles. The molecule has 0 saturated carbocycles. The maximum absolute atomic E-state index is 8.35. The van der Waals surface area contributed by atoms with Crippen LogP contribution in [0.25, 0.3) is 0 Å². The third-order valence-corrected chi connectivity index (χ3v) is 3.02. The maximum atomic E-state index is 8.35. The van der Waals surface area contributed by atoms with E-state index in [-0.39, 0.29) is 15.0 Å². The molecule has 56 valence electrons. The molecule has 1 aromatic rings. The van der Waals surface area contributed by atoms with E-state index in [4.69, 9.17) is 5.26 Å². The molecule has 0 heterocycles. The molecule has 0 fully saturated rings. The SMILES string of the molecule is N#C[Se]Cc1ccc(Br)cc1. The Morgan fingerprint density at radius 1 is 1.36 bits per heavy atom. The van der Waals surface area contributed by atoms with Gasteiger partial charge in [0.15, 0.2) is 0 Å². The number of halogens is 1. The van der Waals surface area contributed by atoms with Gasteiger partial charge in [-0.25, -0.2) is 0 Å². The first-order valence-electron chi connectivity index (χ1n) is 3.08. The summed E-state index contributed by atoms with van der Waals surface area (Å²) in [6.07, 6.45) is 0. The molecule has 0 spiro atoms. The van der Waals surface area contributed by atoms with Crippen molar-refractivity contribution in [2.45, 2.75) is 5.32 Å². The molecule has 0 saturated heterocycles. The summed E-state index contributed by atoms with van der Waals surface area (Å²) < 4.78 is 1.09. The van der Waals surface area contributed by atoms with Gasteiger partial charge in [-0.2, -0.15) is 0 Å². The summed E-state index contributed by atoms with van der Waals surface area (Å²) in [5.41, 5.74) is 1.25. The van der Waals surface area contributed by atoms with Gasteiger partial charge in [-0.3, -0.25) is 0 Å². The first kappa shape index (κ1) is 8.80. The molecule has 0 unspecified atom stereocenters. The number of nitrogens with zero attached hydrogens (tertiary/aromatic N) is 1. The first-order chi connectivity index (χ1) is 5.33. The van der Waals surface area contributed by atoms with E-state index < -0.39 is 0 Å². The fraction of sp³-hybridized carbons (Fsp3) is 0.125. The topological polar surface area (TPSA) is 23.8 Å². The molecule has 0 atom stereocenters. The number of nitriles is 1. The molecule has 0 aliphatic carbocycles. The van der Waals surface area contributed by atoms with Crippen molar-refractivity contribution in [3.05, 3.63) is 34.3 Å². The van der Waals surface area contributed by atoms with E-state index in [9.17, 15) is 0 Å². The summed E-state index contributed by atoms with van der Waals surface area (Å²) in [5, 5.41) is 9.26. The van der Waals surface area contributed by atoms with Gasteiger partial charge >= 0.3 is 80.7 Å². The molecule has 1 nitrogen and oxygen atoms in total. The van der Waals surface area contributed by atoms with Crippen molar-refractivity contribution in [3.8, 4) is 4.97 Å². The van der Waals surface area contributed by atoms with Crippen molar-refractivity contribution >= 4 is 30.9 Å². The van der Waals surface area contributed by atoms with Crippen LogP contribution >= 0.6 is 15.9 Å². The fourth-order valence-corrected chi connectivity index (χ4v) is 1.85.